The number of fused-ring (bicyclic) bond motifs is 3. The van der Waals surface area contributed by atoms with E-state index in [0.29, 0.717) is 18.8 Å². The maximum absolute atomic E-state index is 11.7. The number of primary sulfonamides is 1. The van der Waals surface area contributed by atoms with E-state index < -0.39 is 15.3 Å². The van der Waals surface area contributed by atoms with Gasteiger partial charge in [0.05, 0.1) is 17.1 Å². The second kappa shape index (κ2) is 6.42. The van der Waals surface area contributed by atoms with Gasteiger partial charge in [-0.1, -0.05) is 19.8 Å². The van der Waals surface area contributed by atoms with Crippen LogP contribution in [0.3, 0.4) is 0 Å². The third-order valence-corrected chi connectivity index (χ3v) is 8.93. The lowest BCUT2D eigenvalue weighted by Crippen LogP contribution is -2.36. The zero-order chi connectivity index (χ0) is 19.5. The van der Waals surface area contributed by atoms with Crippen molar-refractivity contribution in [3.63, 3.8) is 0 Å². The normalized spacial score (nSPS) is 29.4. The minimum absolute atomic E-state index is 0.225. The monoisotopic (exact) mass is 403 g/mol. The van der Waals surface area contributed by atoms with Gasteiger partial charge in [-0.25, -0.2) is 18.5 Å². The fourth-order valence-corrected chi connectivity index (χ4v) is 6.86. The van der Waals surface area contributed by atoms with E-state index in [0.717, 1.165) is 30.7 Å². The quantitative estimate of drug-likeness (QED) is 0.820. The molecule has 2 aromatic rings. The largest absolute Gasteiger partial charge is 0.367 e. The van der Waals surface area contributed by atoms with Crippen molar-refractivity contribution < 1.29 is 8.42 Å². The Morgan fingerprint density at radius 2 is 1.93 bits per heavy atom. The molecule has 0 aliphatic heterocycles. The summed E-state index contributed by atoms with van der Waals surface area (Å²) < 4.78 is 25.3. The van der Waals surface area contributed by atoms with E-state index in [-0.39, 0.29) is 11.5 Å². The highest BCUT2D eigenvalue weighted by molar-refractivity contribution is 7.89. The van der Waals surface area contributed by atoms with Gasteiger partial charge in [0.15, 0.2) is 5.65 Å². The van der Waals surface area contributed by atoms with E-state index in [2.05, 4.69) is 17.3 Å². The number of nitrogens with one attached hydrogen (secondary N) is 1. The van der Waals surface area contributed by atoms with E-state index in [1.165, 1.54) is 36.9 Å². The SMILES string of the molecule is CC1Cc2c(nc3ccnn3c2NC2CCC(S(N)(=O)=O)CC2)C12CCCC2. The molecule has 0 bridgehead atoms. The van der Waals surface area contributed by atoms with Crippen LogP contribution in [-0.4, -0.2) is 34.3 Å². The molecule has 0 aromatic carbocycles. The molecule has 8 heteroatoms. The van der Waals surface area contributed by atoms with Gasteiger partial charge in [0, 0.05) is 23.1 Å². The average Bonchev–Trinajstić information content (AvgIpc) is 3.37. The molecule has 0 amide bonds. The molecule has 2 heterocycles. The lowest BCUT2D eigenvalue weighted by atomic mass is 9.76. The predicted octanol–water partition coefficient (Wildman–Crippen LogP) is 2.74. The van der Waals surface area contributed by atoms with Gasteiger partial charge in [0.1, 0.15) is 5.82 Å². The summed E-state index contributed by atoms with van der Waals surface area (Å²) >= 11 is 0. The van der Waals surface area contributed by atoms with Crippen LogP contribution in [0.1, 0.15) is 69.5 Å². The predicted molar refractivity (Wildman–Crippen MR) is 109 cm³/mol. The van der Waals surface area contributed by atoms with Crippen LogP contribution in [-0.2, 0) is 21.9 Å². The van der Waals surface area contributed by atoms with Crippen molar-refractivity contribution in [2.24, 2.45) is 11.1 Å². The van der Waals surface area contributed by atoms with Gasteiger partial charge in [-0.3, -0.25) is 0 Å². The van der Waals surface area contributed by atoms with Crippen LogP contribution >= 0.6 is 0 Å². The minimum Gasteiger partial charge on any atom is -0.367 e. The summed E-state index contributed by atoms with van der Waals surface area (Å²) in [6.07, 6.45) is 10.7. The molecule has 5 rings (SSSR count). The Morgan fingerprint density at radius 1 is 1.21 bits per heavy atom. The van der Waals surface area contributed by atoms with Gasteiger partial charge in [0.2, 0.25) is 10.0 Å². The summed E-state index contributed by atoms with van der Waals surface area (Å²) in [5.41, 5.74) is 3.73. The van der Waals surface area contributed by atoms with Crippen molar-refractivity contribution in [2.45, 2.75) is 81.4 Å². The van der Waals surface area contributed by atoms with Crippen LogP contribution in [0.15, 0.2) is 12.3 Å². The molecular weight excluding hydrogens is 374 g/mol. The number of sulfonamides is 1. The maximum Gasteiger partial charge on any atom is 0.211 e. The van der Waals surface area contributed by atoms with Crippen LogP contribution in [0.5, 0.6) is 0 Å². The third kappa shape index (κ3) is 2.76. The summed E-state index contributed by atoms with van der Waals surface area (Å²) in [6.45, 7) is 2.37. The van der Waals surface area contributed by atoms with Gasteiger partial charge >= 0.3 is 0 Å². The van der Waals surface area contributed by atoms with E-state index in [1.807, 2.05) is 16.8 Å². The standard InChI is InChI=1S/C20H29N5O2S/c1-13-12-16-18(20(13)9-2-3-10-20)24-17-8-11-22-25(17)19(16)23-14-4-6-15(7-5-14)28(21,26)27/h8,11,13-15,23H,2-7,9-10,12H2,1H3,(H2,21,26,27). The number of hydrogen-bond donors (Lipinski definition) is 2. The summed E-state index contributed by atoms with van der Waals surface area (Å²) in [5, 5.41) is 13.2. The van der Waals surface area contributed by atoms with Crippen LogP contribution < -0.4 is 10.5 Å². The highest BCUT2D eigenvalue weighted by Gasteiger charge is 2.49. The zero-order valence-electron chi connectivity index (χ0n) is 16.4. The molecule has 3 aliphatic rings. The molecule has 28 heavy (non-hydrogen) atoms. The molecule has 1 spiro atoms. The zero-order valence-corrected chi connectivity index (χ0v) is 17.2. The Morgan fingerprint density at radius 3 is 2.61 bits per heavy atom. The maximum atomic E-state index is 11.7. The smallest absolute Gasteiger partial charge is 0.211 e. The highest BCUT2D eigenvalue weighted by Crippen LogP contribution is 2.54. The van der Waals surface area contributed by atoms with Crippen LogP contribution in [0.2, 0.25) is 0 Å². The van der Waals surface area contributed by atoms with Gasteiger partial charge in [-0.2, -0.15) is 9.61 Å². The fourth-order valence-electron chi connectivity index (χ4n) is 5.93. The Kier molecular flexibility index (Phi) is 4.21. The van der Waals surface area contributed by atoms with Crippen molar-refractivity contribution in [3.05, 3.63) is 23.5 Å². The van der Waals surface area contributed by atoms with Crippen LogP contribution in [0.4, 0.5) is 5.82 Å². The van der Waals surface area contributed by atoms with E-state index in [9.17, 15) is 8.42 Å². The van der Waals surface area contributed by atoms with Gasteiger partial charge in [0.25, 0.3) is 0 Å². The molecular formula is C20H29N5O2S. The third-order valence-electron chi connectivity index (χ3n) is 7.53. The summed E-state index contributed by atoms with van der Waals surface area (Å²) in [7, 11) is -3.44. The summed E-state index contributed by atoms with van der Waals surface area (Å²) in [6, 6.07) is 2.22. The molecule has 3 aliphatic carbocycles. The molecule has 2 fully saturated rings. The van der Waals surface area contributed by atoms with E-state index in [4.69, 9.17) is 10.1 Å². The lowest BCUT2D eigenvalue weighted by molar-refractivity contribution is 0.316. The molecule has 1 atom stereocenters. The van der Waals surface area contributed by atoms with Crippen molar-refractivity contribution in [2.75, 3.05) is 5.32 Å². The van der Waals surface area contributed by atoms with Crippen LogP contribution in [0.25, 0.3) is 5.65 Å². The first kappa shape index (κ1) is 18.4. The van der Waals surface area contributed by atoms with Crippen molar-refractivity contribution in [1.29, 1.82) is 0 Å². The first-order valence-electron chi connectivity index (χ1n) is 10.5. The average molecular weight is 404 g/mol. The van der Waals surface area contributed by atoms with E-state index in [1.54, 1.807) is 0 Å². The molecule has 2 aromatic heterocycles. The van der Waals surface area contributed by atoms with Gasteiger partial charge in [-0.05, 0) is 50.9 Å². The Bertz CT molecular complexity index is 1000. The molecule has 7 nitrogen and oxygen atoms in total. The molecule has 1 unspecified atom stereocenters. The fraction of sp³-hybridized carbons (Fsp3) is 0.700. The number of rotatable bonds is 3. The minimum atomic E-state index is -3.44. The van der Waals surface area contributed by atoms with E-state index >= 15 is 0 Å². The number of nitrogens with zero attached hydrogens (tertiary/aromatic N) is 3. The second-order valence-corrected chi connectivity index (χ2v) is 10.9. The van der Waals surface area contributed by atoms with Gasteiger partial charge < -0.3 is 5.32 Å². The number of aromatic nitrogens is 3. The lowest BCUT2D eigenvalue weighted by Gasteiger charge is -2.30. The number of hydrogen-bond acceptors (Lipinski definition) is 5. The molecule has 152 valence electrons. The van der Waals surface area contributed by atoms with Crippen molar-refractivity contribution in [3.8, 4) is 0 Å². The number of anilines is 1. The number of nitrogens with two attached hydrogens (primary N) is 1. The highest BCUT2D eigenvalue weighted by atomic mass is 32.2. The second-order valence-electron chi connectivity index (χ2n) is 9.06. The topological polar surface area (TPSA) is 102 Å². The molecule has 0 saturated heterocycles. The molecule has 0 radical (unpaired) electrons. The van der Waals surface area contributed by atoms with Gasteiger partial charge in [-0.15, -0.1) is 0 Å². The first-order valence-corrected chi connectivity index (χ1v) is 12.1. The Labute approximate surface area is 166 Å². The van der Waals surface area contributed by atoms with Crippen LogP contribution in [0, 0.1) is 5.92 Å². The van der Waals surface area contributed by atoms with Crippen molar-refractivity contribution in [1.82, 2.24) is 14.6 Å². The van der Waals surface area contributed by atoms with Crippen molar-refractivity contribution >= 4 is 21.5 Å². The Hall–Kier alpha value is -1.67. The summed E-state index contributed by atoms with van der Waals surface area (Å²) in [5.74, 6) is 1.67. The summed E-state index contributed by atoms with van der Waals surface area (Å²) in [4.78, 5) is 5.06. The molecule has 3 N–H and O–H groups in total. The molecule has 2 saturated carbocycles. The Balaban J connectivity index is 1.49. The first-order chi connectivity index (χ1) is 13.4.